The third kappa shape index (κ3) is 2.30. The summed E-state index contributed by atoms with van der Waals surface area (Å²) in [6.07, 6.45) is 2.39. The van der Waals surface area contributed by atoms with Gasteiger partial charge in [0.2, 0.25) is 0 Å². The second kappa shape index (κ2) is 5.57. The Hall–Kier alpha value is -1.28. The Morgan fingerprint density at radius 2 is 1.83 bits per heavy atom. The fourth-order valence-electron chi connectivity index (χ4n) is 2.71. The van der Waals surface area contributed by atoms with Gasteiger partial charge in [-0.2, -0.15) is 0 Å². The first kappa shape index (κ1) is 13.2. The van der Waals surface area contributed by atoms with E-state index in [0.29, 0.717) is 6.04 Å². The summed E-state index contributed by atoms with van der Waals surface area (Å²) in [5, 5.41) is 5.03. The van der Waals surface area contributed by atoms with Gasteiger partial charge < -0.3 is 9.88 Å². The molecule has 0 aliphatic carbocycles. The Morgan fingerprint density at radius 3 is 2.44 bits per heavy atom. The average molecular weight is 244 g/mol. The van der Waals surface area contributed by atoms with E-state index < -0.39 is 0 Å². The molecular formula is C16H24N2. The first-order chi connectivity index (χ1) is 8.69. The highest BCUT2D eigenvalue weighted by atomic mass is 15.0. The predicted octanol–water partition coefficient (Wildman–Crippen LogP) is 3.76. The molecule has 1 aromatic heterocycles. The van der Waals surface area contributed by atoms with Crippen molar-refractivity contribution < 1.29 is 0 Å². The summed E-state index contributed by atoms with van der Waals surface area (Å²) in [6.45, 7) is 7.68. The van der Waals surface area contributed by atoms with Crippen LogP contribution in [0.25, 0.3) is 10.9 Å². The van der Waals surface area contributed by atoms with Crippen molar-refractivity contribution in [2.75, 3.05) is 0 Å². The van der Waals surface area contributed by atoms with Gasteiger partial charge in [0.05, 0.1) is 0 Å². The molecule has 1 N–H and O–H groups in total. The van der Waals surface area contributed by atoms with E-state index >= 15 is 0 Å². The van der Waals surface area contributed by atoms with Crippen molar-refractivity contribution >= 4 is 10.9 Å². The van der Waals surface area contributed by atoms with E-state index in [-0.39, 0.29) is 0 Å². The number of rotatable bonds is 5. The monoisotopic (exact) mass is 244 g/mol. The van der Waals surface area contributed by atoms with Crippen LogP contribution in [-0.2, 0) is 13.6 Å². The lowest BCUT2D eigenvalue weighted by Crippen LogP contribution is -2.28. The van der Waals surface area contributed by atoms with E-state index in [4.69, 9.17) is 0 Å². The lowest BCUT2D eigenvalue weighted by molar-refractivity contribution is 0.476. The van der Waals surface area contributed by atoms with E-state index in [1.54, 1.807) is 0 Å². The van der Waals surface area contributed by atoms with Crippen molar-refractivity contribution in [1.82, 2.24) is 9.88 Å². The van der Waals surface area contributed by atoms with Crippen molar-refractivity contribution in [1.29, 1.82) is 0 Å². The van der Waals surface area contributed by atoms with Crippen LogP contribution in [-0.4, -0.2) is 10.6 Å². The smallest absolute Gasteiger partial charge is 0.0483 e. The summed E-state index contributed by atoms with van der Waals surface area (Å²) < 4.78 is 2.32. The fraction of sp³-hybridized carbons (Fsp3) is 0.500. The van der Waals surface area contributed by atoms with Crippen molar-refractivity contribution in [3.63, 3.8) is 0 Å². The second-order valence-electron chi connectivity index (χ2n) is 5.04. The molecule has 2 rings (SSSR count). The lowest BCUT2D eigenvalue weighted by Gasteiger charge is -2.15. The second-order valence-corrected chi connectivity index (χ2v) is 5.04. The molecule has 0 aliphatic rings. The Morgan fingerprint density at radius 1 is 1.17 bits per heavy atom. The lowest BCUT2D eigenvalue weighted by atomic mass is 10.1. The molecule has 1 aromatic carbocycles. The van der Waals surface area contributed by atoms with Gasteiger partial charge in [0.25, 0.3) is 0 Å². The van der Waals surface area contributed by atoms with Gasteiger partial charge in [-0.3, -0.25) is 0 Å². The topological polar surface area (TPSA) is 17.0 Å². The molecule has 1 heterocycles. The zero-order valence-electron chi connectivity index (χ0n) is 12.0. The number of hydrogen-bond donors (Lipinski definition) is 1. The summed E-state index contributed by atoms with van der Waals surface area (Å²) in [7, 11) is 2.17. The standard InChI is InChI=1S/C16H24N2/c1-5-13(6-2)17-11-16-12(3)14-9-7-8-10-15(14)18(16)4/h7-10,13,17H,5-6,11H2,1-4H3. The summed E-state index contributed by atoms with van der Waals surface area (Å²) in [5.74, 6) is 0. The molecule has 0 amide bonds. The van der Waals surface area contributed by atoms with Gasteiger partial charge in [-0.15, -0.1) is 0 Å². The summed E-state index contributed by atoms with van der Waals surface area (Å²) in [5.41, 5.74) is 4.14. The highest BCUT2D eigenvalue weighted by Gasteiger charge is 2.11. The van der Waals surface area contributed by atoms with E-state index in [9.17, 15) is 0 Å². The molecule has 0 fully saturated rings. The van der Waals surface area contributed by atoms with Crippen molar-refractivity contribution in [3.8, 4) is 0 Å². The fourth-order valence-corrected chi connectivity index (χ4v) is 2.71. The van der Waals surface area contributed by atoms with Crippen LogP contribution in [0.3, 0.4) is 0 Å². The molecule has 0 unspecified atom stereocenters. The third-order valence-electron chi connectivity index (χ3n) is 4.05. The molecule has 0 aliphatic heterocycles. The SMILES string of the molecule is CCC(CC)NCc1c(C)c2ccccc2n1C. The zero-order valence-corrected chi connectivity index (χ0v) is 12.0. The summed E-state index contributed by atoms with van der Waals surface area (Å²) >= 11 is 0. The molecule has 2 nitrogen and oxygen atoms in total. The van der Waals surface area contributed by atoms with Gasteiger partial charge in [0.15, 0.2) is 0 Å². The first-order valence-corrected chi connectivity index (χ1v) is 6.95. The van der Waals surface area contributed by atoms with E-state index in [1.165, 1.54) is 35.0 Å². The highest BCUT2D eigenvalue weighted by molar-refractivity contribution is 5.85. The zero-order chi connectivity index (χ0) is 13.1. The minimum Gasteiger partial charge on any atom is -0.346 e. The van der Waals surface area contributed by atoms with Crippen LogP contribution < -0.4 is 5.32 Å². The van der Waals surface area contributed by atoms with Crippen molar-refractivity contribution in [3.05, 3.63) is 35.5 Å². The van der Waals surface area contributed by atoms with Crippen LogP contribution in [0, 0.1) is 6.92 Å². The number of para-hydroxylation sites is 1. The maximum atomic E-state index is 3.66. The Labute approximate surface area is 110 Å². The largest absolute Gasteiger partial charge is 0.346 e. The van der Waals surface area contributed by atoms with Crippen LogP contribution in [0.4, 0.5) is 0 Å². The van der Waals surface area contributed by atoms with Crippen LogP contribution in [0.2, 0.25) is 0 Å². The van der Waals surface area contributed by atoms with Crippen molar-refractivity contribution in [2.45, 2.75) is 46.2 Å². The van der Waals surface area contributed by atoms with E-state index in [0.717, 1.165) is 6.54 Å². The number of nitrogens with one attached hydrogen (secondary N) is 1. The number of aryl methyl sites for hydroxylation is 2. The molecule has 2 aromatic rings. The normalized spacial score (nSPS) is 11.6. The Kier molecular flexibility index (Phi) is 4.07. The summed E-state index contributed by atoms with van der Waals surface area (Å²) in [6, 6.07) is 9.27. The molecule has 2 heteroatoms. The molecule has 0 spiro atoms. The third-order valence-corrected chi connectivity index (χ3v) is 4.05. The van der Waals surface area contributed by atoms with E-state index in [2.05, 4.69) is 62.0 Å². The molecule has 98 valence electrons. The maximum Gasteiger partial charge on any atom is 0.0483 e. The molecule has 0 atom stereocenters. The number of hydrogen-bond acceptors (Lipinski definition) is 1. The van der Waals surface area contributed by atoms with Crippen molar-refractivity contribution in [2.24, 2.45) is 7.05 Å². The molecule has 0 bridgehead atoms. The number of benzene rings is 1. The minimum atomic E-state index is 0.627. The molecule has 0 saturated carbocycles. The van der Waals surface area contributed by atoms with Crippen LogP contribution >= 0.6 is 0 Å². The van der Waals surface area contributed by atoms with Gasteiger partial charge in [-0.25, -0.2) is 0 Å². The minimum absolute atomic E-state index is 0.627. The number of aromatic nitrogens is 1. The Bertz CT molecular complexity index is 482. The quantitative estimate of drug-likeness (QED) is 0.847. The number of fused-ring (bicyclic) bond motifs is 1. The first-order valence-electron chi connectivity index (χ1n) is 6.95. The van der Waals surface area contributed by atoms with Gasteiger partial charge >= 0.3 is 0 Å². The highest BCUT2D eigenvalue weighted by Crippen LogP contribution is 2.24. The summed E-state index contributed by atoms with van der Waals surface area (Å²) in [4.78, 5) is 0. The van der Waals surface area contributed by atoms with E-state index in [1.807, 2.05) is 0 Å². The van der Waals surface area contributed by atoms with Crippen LogP contribution in [0.15, 0.2) is 24.3 Å². The van der Waals surface area contributed by atoms with Crippen LogP contribution in [0.5, 0.6) is 0 Å². The molecule has 0 radical (unpaired) electrons. The average Bonchev–Trinajstić information content (AvgIpc) is 2.65. The molecular weight excluding hydrogens is 220 g/mol. The molecule has 18 heavy (non-hydrogen) atoms. The van der Waals surface area contributed by atoms with Gasteiger partial charge in [-0.1, -0.05) is 32.0 Å². The predicted molar refractivity (Wildman–Crippen MR) is 78.9 cm³/mol. The van der Waals surface area contributed by atoms with Gasteiger partial charge in [-0.05, 0) is 31.4 Å². The van der Waals surface area contributed by atoms with Gasteiger partial charge in [0, 0.05) is 36.2 Å². The van der Waals surface area contributed by atoms with Gasteiger partial charge in [0.1, 0.15) is 0 Å². The molecule has 0 saturated heterocycles. The Balaban J connectivity index is 2.28. The number of nitrogens with zero attached hydrogens (tertiary/aromatic N) is 1. The maximum absolute atomic E-state index is 3.66. The van der Waals surface area contributed by atoms with Crippen LogP contribution in [0.1, 0.15) is 37.9 Å².